The molecule has 0 spiro atoms. The molecular weight excluding hydrogens is 462 g/mol. The lowest BCUT2D eigenvalue weighted by Gasteiger charge is -2.25. The van der Waals surface area contributed by atoms with E-state index in [4.69, 9.17) is 5.11 Å². The predicted molar refractivity (Wildman–Crippen MR) is 121 cm³/mol. The number of amides is 1. The summed E-state index contributed by atoms with van der Waals surface area (Å²) in [6.45, 7) is 0.0502. The second-order valence-electron chi connectivity index (χ2n) is 7.85. The number of hydrogen-bond donors (Lipinski definition) is 2. The molecule has 12 heteroatoms. The standard InChI is InChI=1S/C23H21N3O9/c27-18(28)7-2-1-3-12-24-20(15-5-4-6-17(13-15)26(34)35)19(22(30)23(24)31)21(29)14-8-10-16(11-9-14)25(32)33/h4-6,8-11,13,20,29H,1-3,7,12H2,(H,27,28)/t20-/m0/s1. The van der Waals surface area contributed by atoms with Crippen molar-refractivity contribution in [2.45, 2.75) is 31.7 Å². The largest absolute Gasteiger partial charge is 0.507 e. The van der Waals surface area contributed by atoms with E-state index in [0.717, 1.165) is 12.1 Å². The molecular formula is C23H21N3O9. The lowest BCUT2D eigenvalue weighted by molar-refractivity contribution is -0.385. The molecule has 1 saturated heterocycles. The maximum absolute atomic E-state index is 13.0. The van der Waals surface area contributed by atoms with Crippen LogP contribution in [0.15, 0.2) is 54.1 Å². The molecule has 0 saturated carbocycles. The number of likely N-dealkylation sites (tertiary alicyclic amines) is 1. The second kappa shape index (κ2) is 10.5. The third-order valence-corrected chi connectivity index (χ3v) is 5.58. The zero-order chi connectivity index (χ0) is 25.7. The molecule has 1 atom stereocenters. The summed E-state index contributed by atoms with van der Waals surface area (Å²) in [5, 5.41) is 41.9. The molecule has 0 radical (unpaired) electrons. The number of nitrogens with zero attached hydrogens (tertiary/aromatic N) is 3. The number of carboxylic acid groups (broad SMARTS) is 1. The molecule has 0 aliphatic carbocycles. The van der Waals surface area contributed by atoms with Crippen molar-refractivity contribution < 1.29 is 34.4 Å². The van der Waals surface area contributed by atoms with Gasteiger partial charge in [0.15, 0.2) is 0 Å². The van der Waals surface area contributed by atoms with Gasteiger partial charge in [0, 0.05) is 42.8 Å². The number of hydrogen-bond acceptors (Lipinski definition) is 8. The molecule has 1 aliphatic heterocycles. The van der Waals surface area contributed by atoms with Gasteiger partial charge in [0.05, 0.1) is 21.5 Å². The molecule has 12 nitrogen and oxygen atoms in total. The molecule has 2 aromatic rings. The Hall–Kier alpha value is -4.61. The summed E-state index contributed by atoms with van der Waals surface area (Å²) in [5.74, 6) is -3.43. The van der Waals surface area contributed by atoms with Crippen LogP contribution in [0.1, 0.15) is 42.9 Å². The third kappa shape index (κ3) is 5.49. The van der Waals surface area contributed by atoms with Crippen LogP contribution in [-0.2, 0) is 14.4 Å². The Morgan fingerprint density at radius 3 is 2.17 bits per heavy atom. The predicted octanol–water partition coefficient (Wildman–Crippen LogP) is 3.57. The van der Waals surface area contributed by atoms with Gasteiger partial charge in [0.1, 0.15) is 5.76 Å². The zero-order valence-electron chi connectivity index (χ0n) is 18.3. The van der Waals surface area contributed by atoms with Crippen molar-refractivity contribution in [1.82, 2.24) is 4.90 Å². The quantitative estimate of drug-likeness (QED) is 0.127. The third-order valence-electron chi connectivity index (χ3n) is 5.58. The zero-order valence-corrected chi connectivity index (χ0v) is 18.3. The minimum absolute atomic E-state index is 0.0483. The molecule has 1 aliphatic rings. The van der Waals surface area contributed by atoms with E-state index in [1.165, 1.54) is 41.3 Å². The highest BCUT2D eigenvalue weighted by molar-refractivity contribution is 6.46. The molecule has 1 amide bonds. The first-order valence-electron chi connectivity index (χ1n) is 10.6. The number of aliphatic hydroxyl groups excluding tert-OH is 1. The molecule has 0 bridgehead atoms. The Morgan fingerprint density at radius 1 is 0.914 bits per heavy atom. The van der Waals surface area contributed by atoms with Gasteiger partial charge < -0.3 is 15.1 Å². The van der Waals surface area contributed by atoms with Crippen molar-refractivity contribution in [2.75, 3.05) is 6.54 Å². The summed E-state index contributed by atoms with van der Waals surface area (Å²) in [5.41, 5.74) is -0.517. The minimum Gasteiger partial charge on any atom is -0.507 e. The molecule has 2 N–H and O–H groups in total. The number of carboxylic acids is 1. The van der Waals surface area contributed by atoms with Gasteiger partial charge in [-0.3, -0.25) is 34.6 Å². The van der Waals surface area contributed by atoms with Crippen LogP contribution < -0.4 is 0 Å². The normalized spacial score (nSPS) is 16.9. The fraction of sp³-hybridized carbons (Fsp3) is 0.261. The number of carbonyl (C=O) groups excluding carboxylic acids is 2. The fourth-order valence-electron chi connectivity index (χ4n) is 3.90. The van der Waals surface area contributed by atoms with Gasteiger partial charge in [-0.1, -0.05) is 18.6 Å². The van der Waals surface area contributed by atoms with Crippen LogP contribution in [0.25, 0.3) is 5.76 Å². The fourth-order valence-corrected chi connectivity index (χ4v) is 3.90. The van der Waals surface area contributed by atoms with Crippen LogP contribution in [0.3, 0.4) is 0 Å². The van der Waals surface area contributed by atoms with Crippen LogP contribution in [0, 0.1) is 20.2 Å². The maximum atomic E-state index is 13.0. The Morgan fingerprint density at radius 2 is 1.57 bits per heavy atom. The van der Waals surface area contributed by atoms with Crippen LogP contribution in [-0.4, -0.2) is 49.2 Å². The second-order valence-corrected chi connectivity index (χ2v) is 7.85. The first-order valence-corrected chi connectivity index (χ1v) is 10.6. The van der Waals surface area contributed by atoms with Gasteiger partial charge in [-0.25, -0.2) is 0 Å². The molecule has 0 unspecified atom stereocenters. The lowest BCUT2D eigenvalue weighted by Crippen LogP contribution is -2.30. The molecule has 182 valence electrons. The van der Waals surface area contributed by atoms with Crippen LogP contribution in [0.2, 0.25) is 0 Å². The van der Waals surface area contributed by atoms with Crippen molar-refractivity contribution >= 4 is 34.8 Å². The summed E-state index contributed by atoms with van der Waals surface area (Å²) in [6.07, 6.45) is 1.14. The molecule has 1 fully saturated rings. The number of carbonyl (C=O) groups is 3. The first kappa shape index (κ1) is 25.0. The van der Waals surface area contributed by atoms with Crippen molar-refractivity contribution in [3.05, 3.63) is 85.5 Å². The van der Waals surface area contributed by atoms with E-state index in [0.29, 0.717) is 19.3 Å². The molecule has 1 heterocycles. The van der Waals surface area contributed by atoms with Crippen LogP contribution in [0.4, 0.5) is 11.4 Å². The van der Waals surface area contributed by atoms with Crippen molar-refractivity contribution in [3.8, 4) is 0 Å². The number of unbranched alkanes of at least 4 members (excludes halogenated alkanes) is 2. The molecule has 2 aromatic carbocycles. The number of ketones is 1. The van der Waals surface area contributed by atoms with E-state index in [2.05, 4.69) is 0 Å². The smallest absolute Gasteiger partial charge is 0.303 e. The summed E-state index contributed by atoms with van der Waals surface area (Å²) in [6, 6.07) is 8.94. The number of nitro benzene ring substituents is 2. The topological polar surface area (TPSA) is 181 Å². The van der Waals surface area contributed by atoms with Crippen LogP contribution in [0.5, 0.6) is 0 Å². The van der Waals surface area contributed by atoms with Gasteiger partial charge >= 0.3 is 5.97 Å². The van der Waals surface area contributed by atoms with Gasteiger partial charge in [-0.15, -0.1) is 0 Å². The van der Waals surface area contributed by atoms with Crippen LogP contribution >= 0.6 is 0 Å². The molecule has 0 aromatic heterocycles. The SMILES string of the molecule is O=C(O)CCCCCN1C(=O)C(=O)C(=C(O)c2ccc([N+](=O)[O-])cc2)[C@@H]1c1cccc([N+](=O)[O-])c1. The number of non-ortho nitro benzene ring substituents is 2. The number of rotatable bonds is 10. The lowest BCUT2D eigenvalue weighted by atomic mass is 9.95. The Bertz CT molecular complexity index is 1220. The van der Waals surface area contributed by atoms with Gasteiger partial charge in [-0.05, 0) is 30.5 Å². The van der Waals surface area contributed by atoms with Crippen molar-refractivity contribution in [3.63, 3.8) is 0 Å². The Balaban J connectivity index is 2.04. The van der Waals surface area contributed by atoms with E-state index in [1.54, 1.807) is 0 Å². The van der Waals surface area contributed by atoms with Gasteiger partial charge in [0.2, 0.25) is 0 Å². The van der Waals surface area contributed by atoms with E-state index < -0.39 is 39.3 Å². The van der Waals surface area contributed by atoms with E-state index in [9.17, 15) is 39.7 Å². The molecule has 3 rings (SSSR count). The Kier molecular flexibility index (Phi) is 7.54. The highest BCUT2D eigenvalue weighted by Crippen LogP contribution is 2.40. The summed E-state index contributed by atoms with van der Waals surface area (Å²) < 4.78 is 0. The number of aliphatic carboxylic acids is 1. The number of Topliss-reactive ketones (excluding diaryl/α,β-unsaturated/α-hetero) is 1. The highest BCUT2D eigenvalue weighted by atomic mass is 16.6. The Labute approximate surface area is 198 Å². The monoisotopic (exact) mass is 483 g/mol. The van der Waals surface area contributed by atoms with E-state index >= 15 is 0 Å². The average molecular weight is 483 g/mol. The summed E-state index contributed by atoms with van der Waals surface area (Å²) in [7, 11) is 0. The first-order chi connectivity index (χ1) is 16.6. The highest BCUT2D eigenvalue weighted by Gasteiger charge is 2.46. The van der Waals surface area contributed by atoms with Crippen molar-refractivity contribution in [1.29, 1.82) is 0 Å². The molecule has 35 heavy (non-hydrogen) atoms. The van der Waals surface area contributed by atoms with Crippen molar-refractivity contribution in [2.24, 2.45) is 0 Å². The van der Waals surface area contributed by atoms with E-state index in [-0.39, 0.29) is 41.0 Å². The number of nitro groups is 2. The summed E-state index contributed by atoms with van der Waals surface area (Å²) in [4.78, 5) is 58.7. The van der Waals surface area contributed by atoms with Gasteiger partial charge in [-0.2, -0.15) is 0 Å². The maximum Gasteiger partial charge on any atom is 0.303 e. The number of benzene rings is 2. The summed E-state index contributed by atoms with van der Waals surface area (Å²) >= 11 is 0. The average Bonchev–Trinajstić information content (AvgIpc) is 3.08. The number of aliphatic hydroxyl groups is 1. The van der Waals surface area contributed by atoms with Gasteiger partial charge in [0.25, 0.3) is 23.1 Å². The van der Waals surface area contributed by atoms with E-state index in [1.807, 2.05) is 0 Å². The minimum atomic E-state index is -1.13.